The highest BCUT2D eigenvalue weighted by Gasteiger charge is 2.47. The molecule has 0 spiro atoms. The smallest absolute Gasteiger partial charge is 0.335 e. The Balaban J connectivity index is 1.50. The molecule has 3 rings (SSSR count). The average molecular weight is 388 g/mol. The molecule has 7 nitrogen and oxygen atoms in total. The van der Waals surface area contributed by atoms with Crippen LogP contribution in [0.4, 0.5) is 0 Å². The van der Waals surface area contributed by atoms with Crippen molar-refractivity contribution in [3.8, 4) is 0 Å². The summed E-state index contributed by atoms with van der Waals surface area (Å²) in [6.07, 6.45) is 7.10. The van der Waals surface area contributed by atoms with Crippen molar-refractivity contribution in [2.24, 2.45) is 16.9 Å². The number of carboxylic acids is 1. The van der Waals surface area contributed by atoms with Crippen molar-refractivity contribution < 1.29 is 24.2 Å². The monoisotopic (exact) mass is 388 g/mol. The number of carbonyl (C=O) groups is 2. The van der Waals surface area contributed by atoms with Gasteiger partial charge in [-0.3, -0.25) is 10.2 Å². The summed E-state index contributed by atoms with van der Waals surface area (Å²) in [7, 11) is 0. The highest BCUT2D eigenvalue weighted by Crippen LogP contribution is 2.44. The van der Waals surface area contributed by atoms with Gasteiger partial charge in [0, 0.05) is 12.1 Å². The summed E-state index contributed by atoms with van der Waals surface area (Å²) in [6, 6.07) is 7.05. The van der Waals surface area contributed by atoms with Gasteiger partial charge in [-0.2, -0.15) is 5.10 Å². The number of hydrazone groups is 1. The Morgan fingerprint density at radius 1 is 1.29 bits per heavy atom. The molecule has 1 aromatic carbocycles. The van der Waals surface area contributed by atoms with Gasteiger partial charge in [-0.15, -0.1) is 0 Å². The van der Waals surface area contributed by atoms with Crippen molar-refractivity contribution in [3.05, 3.63) is 35.4 Å². The summed E-state index contributed by atoms with van der Waals surface area (Å²) in [5, 5.41) is 13.2. The van der Waals surface area contributed by atoms with Gasteiger partial charge in [0.2, 0.25) is 0 Å². The lowest BCUT2D eigenvalue weighted by molar-refractivity contribution is -0.142. The number of aromatic carboxylic acids is 1. The van der Waals surface area contributed by atoms with Gasteiger partial charge in [0.15, 0.2) is 0 Å². The second-order valence-corrected chi connectivity index (χ2v) is 7.41. The number of hydrogen-bond acceptors (Lipinski definition) is 6. The van der Waals surface area contributed by atoms with Crippen LogP contribution in [-0.4, -0.2) is 48.6 Å². The van der Waals surface area contributed by atoms with Crippen molar-refractivity contribution >= 4 is 18.2 Å². The van der Waals surface area contributed by atoms with E-state index in [4.69, 9.17) is 14.6 Å². The molecule has 4 atom stereocenters. The molecular weight excluding hydrogens is 360 g/mol. The Kier molecular flexibility index (Phi) is 7.03. The molecule has 4 unspecified atom stereocenters. The molecule has 2 fully saturated rings. The van der Waals surface area contributed by atoms with Gasteiger partial charge in [-0.05, 0) is 55.7 Å². The maximum atomic E-state index is 11.5. The molecule has 152 valence electrons. The second-order valence-electron chi connectivity index (χ2n) is 7.41. The maximum Gasteiger partial charge on any atom is 0.335 e. The Labute approximate surface area is 165 Å². The van der Waals surface area contributed by atoms with Crippen molar-refractivity contribution in [1.82, 2.24) is 5.43 Å². The highest BCUT2D eigenvalue weighted by molar-refractivity contribution is 5.87. The number of rotatable bonds is 10. The fraction of sp³-hybridized carbons (Fsp3) is 0.571. The molecule has 0 aliphatic carbocycles. The molecule has 2 heterocycles. The maximum absolute atomic E-state index is 11.5. The van der Waals surface area contributed by atoms with Crippen LogP contribution in [0.1, 0.15) is 48.5 Å². The molecule has 2 saturated heterocycles. The molecule has 2 aliphatic heterocycles. The fourth-order valence-corrected chi connectivity index (χ4v) is 4.06. The largest absolute Gasteiger partial charge is 0.478 e. The minimum absolute atomic E-state index is 0.0682. The molecule has 2 aliphatic rings. The number of hydrogen-bond donors (Lipinski definition) is 2. The summed E-state index contributed by atoms with van der Waals surface area (Å²) in [5.74, 6) is -0.591. The SMILES string of the molecule is CCCOC(=O)CN/N=C\C1C2CCC(O2)C1CCc1ccc(C(=O)O)cc1. The number of fused-ring (bicyclic) bond motifs is 2. The zero-order valence-corrected chi connectivity index (χ0v) is 16.2. The zero-order valence-electron chi connectivity index (χ0n) is 16.2. The fourth-order valence-electron chi connectivity index (χ4n) is 4.06. The van der Waals surface area contributed by atoms with E-state index in [2.05, 4.69) is 10.5 Å². The lowest BCUT2D eigenvalue weighted by Gasteiger charge is -2.25. The van der Waals surface area contributed by atoms with Crippen LogP contribution >= 0.6 is 0 Å². The van der Waals surface area contributed by atoms with Crippen LogP contribution in [0.5, 0.6) is 0 Å². The van der Waals surface area contributed by atoms with Crippen LogP contribution in [0.2, 0.25) is 0 Å². The van der Waals surface area contributed by atoms with E-state index in [0.29, 0.717) is 18.1 Å². The molecule has 2 bridgehead atoms. The van der Waals surface area contributed by atoms with Gasteiger partial charge in [0.1, 0.15) is 6.54 Å². The van der Waals surface area contributed by atoms with Crippen molar-refractivity contribution in [2.45, 2.75) is 51.2 Å². The third-order valence-corrected chi connectivity index (χ3v) is 5.48. The first kappa shape index (κ1) is 20.3. The van der Waals surface area contributed by atoms with Crippen molar-refractivity contribution in [2.75, 3.05) is 13.2 Å². The summed E-state index contributed by atoms with van der Waals surface area (Å²) in [4.78, 5) is 22.5. The normalized spacial score (nSPS) is 25.9. The predicted molar refractivity (Wildman–Crippen MR) is 104 cm³/mol. The number of ether oxygens (including phenoxy) is 2. The van der Waals surface area contributed by atoms with Crippen LogP contribution in [0, 0.1) is 11.8 Å². The number of nitrogens with one attached hydrogen (secondary N) is 1. The lowest BCUT2D eigenvalue weighted by atomic mass is 9.77. The highest BCUT2D eigenvalue weighted by atomic mass is 16.5. The lowest BCUT2D eigenvalue weighted by Crippen LogP contribution is -2.30. The van der Waals surface area contributed by atoms with Crippen LogP contribution in [0.3, 0.4) is 0 Å². The molecule has 7 heteroatoms. The Morgan fingerprint density at radius 3 is 2.75 bits per heavy atom. The molecule has 2 N–H and O–H groups in total. The Bertz CT molecular complexity index is 703. The molecule has 0 saturated carbocycles. The van der Waals surface area contributed by atoms with Crippen LogP contribution in [0.25, 0.3) is 0 Å². The summed E-state index contributed by atoms with van der Waals surface area (Å²) >= 11 is 0. The first-order valence-corrected chi connectivity index (χ1v) is 9.98. The molecule has 0 amide bonds. The van der Waals surface area contributed by atoms with Gasteiger partial charge in [-0.25, -0.2) is 4.79 Å². The molecule has 0 aromatic heterocycles. The molecular formula is C21H28N2O5. The summed E-state index contributed by atoms with van der Waals surface area (Å²) in [5.41, 5.74) is 4.21. The van der Waals surface area contributed by atoms with Gasteiger partial charge in [-0.1, -0.05) is 19.1 Å². The van der Waals surface area contributed by atoms with E-state index < -0.39 is 5.97 Å². The van der Waals surface area contributed by atoms with Crippen LogP contribution < -0.4 is 5.43 Å². The standard InChI is InChI=1S/C21H28N2O5/c1-2-11-27-20(24)13-23-22-12-17-16(18-9-10-19(17)28-18)8-5-14-3-6-15(7-4-14)21(25)26/h3-4,6-7,12,16-19,23H,2,5,8-11,13H2,1H3,(H,25,26)/b22-12-. The van der Waals surface area contributed by atoms with Gasteiger partial charge < -0.3 is 14.6 Å². The number of esters is 1. The summed E-state index contributed by atoms with van der Waals surface area (Å²) in [6.45, 7) is 2.45. The van der Waals surface area contributed by atoms with Crippen molar-refractivity contribution in [1.29, 1.82) is 0 Å². The molecule has 0 radical (unpaired) electrons. The third kappa shape index (κ3) is 5.10. The number of nitrogens with zero attached hydrogens (tertiary/aromatic N) is 1. The van der Waals surface area contributed by atoms with E-state index in [1.807, 2.05) is 25.3 Å². The predicted octanol–water partition coefficient (Wildman–Crippen LogP) is 2.64. The number of aryl methyl sites for hydroxylation is 1. The molecule has 1 aromatic rings. The van der Waals surface area contributed by atoms with Gasteiger partial charge >= 0.3 is 11.9 Å². The van der Waals surface area contributed by atoms with Crippen LogP contribution in [0.15, 0.2) is 29.4 Å². The van der Waals surface area contributed by atoms with E-state index >= 15 is 0 Å². The number of benzene rings is 1. The Hall–Kier alpha value is -2.41. The second kappa shape index (κ2) is 9.68. The van der Waals surface area contributed by atoms with Gasteiger partial charge in [0.25, 0.3) is 0 Å². The quantitative estimate of drug-likeness (QED) is 0.363. The first-order valence-electron chi connectivity index (χ1n) is 9.98. The minimum atomic E-state index is -0.907. The van der Waals surface area contributed by atoms with E-state index in [1.165, 1.54) is 0 Å². The topological polar surface area (TPSA) is 97.2 Å². The number of carboxylic acid groups (broad SMARTS) is 1. The third-order valence-electron chi connectivity index (χ3n) is 5.48. The Morgan fingerprint density at radius 2 is 2.04 bits per heavy atom. The first-order chi connectivity index (χ1) is 13.6. The number of carbonyl (C=O) groups excluding carboxylic acids is 1. The summed E-state index contributed by atoms with van der Waals surface area (Å²) < 4.78 is 11.1. The van der Waals surface area contributed by atoms with E-state index in [-0.39, 0.29) is 30.6 Å². The van der Waals surface area contributed by atoms with Gasteiger partial charge in [0.05, 0.1) is 24.4 Å². The van der Waals surface area contributed by atoms with Crippen LogP contribution in [-0.2, 0) is 20.7 Å². The molecule has 28 heavy (non-hydrogen) atoms. The van der Waals surface area contributed by atoms with E-state index in [0.717, 1.165) is 37.7 Å². The van der Waals surface area contributed by atoms with E-state index in [1.54, 1.807) is 12.1 Å². The zero-order chi connectivity index (χ0) is 19.9. The van der Waals surface area contributed by atoms with E-state index in [9.17, 15) is 9.59 Å². The average Bonchev–Trinajstić information content (AvgIpc) is 3.30. The minimum Gasteiger partial charge on any atom is -0.478 e. The van der Waals surface area contributed by atoms with Crippen molar-refractivity contribution in [3.63, 3.8) is 0 Å².